The number of hydrogen-bond acceptors (Lipinski definition) is 2. The van der Waals surface area contributed by atoms with Crippen molar-refractivity contribution in [3.05, 3.63) is 29.8 Å². The smallest absolute Gasteiger partial charge is 0.0365 e. The Morgan fingerprint density at radius 1 is 1.18 bits per heavy atom. The molecule has 0 unspecified atom stereocenters. The molecule has 0 saturated carbocycles. The molecule has 0 heterocycles. The van der Waals surface area contributed by atoms with Crippen molar-refractivity contribution in [1.29, 1.82) is 0 Å². The van der Waals surface area contributed by atoms with Gasteiger partial charge in [0.05, 0.1) is 0 Å². The van der Waals surface area contributed by atoms with E-state index in [0.29, 0.717) is 0 Å². The van der Waals surface area contributed by atoms with Crippen LogP contribution in [-0.2, 0) is 0 Å². The number of halogens is 2. The van der Waals surface area contributed by atoms with Gasteiger partial charge in [-0.2, -0.15) is 0 Å². The van der Waals surface area contributed by atoms with E-state index in [4.69, 9.17) is 0 Å². The van der Waals surface area contributed by atoms with Crippen LogP contribution in [0.1, 0.15) is 5.56 Å². The molecule has 0 aromatic heterocycles. The summed E-state index contributed by atoms with van der Waals surface area (Å²) in [6.07, 6.45) is 0. The van der Waals surface area contributed by atoms with Gasteiger partial charge in [0.2, 0.25) is 0 Å². The second-order valence-corrected chi connectivity index (χ2v) is 6.43. The summed E-state index contributed by atoms with van der Waals surface area (Å²) >= 11 is 8.06. The standard InChI is InChI=1S/C7H7Br2NS/c1-6-2-4-7(5-3-6)11-10(8)9/h2-5H,1H3. The first-order chi connectivity index (χ1) is 5.18. The Balaban J connectivity index is 2.66. The van der Waals surface area contributed by atoms with E-state index in [9.17, 15) is 0 Å². The second-order valence-electron chi connectivity index (χ2n) is 2.11. The van der Waals surface area contributed by atoms with Crippen LogP contribution in [0.3, 0.4) is 0 Å². The third-order valence-corrected chi connectivity index (χ3v) is 2.69. The number of rotatable bonds is 2. The topological polar surface area (TPSA) is 3.24 Å². The first-order valence-electron chi connectivity index (χ1n) is 3.05. The van der Waals surface area contributed by atoms with Crippen molar-refractivity contribution in [1.82, 2.24) is 2.36 Å². The molecule has 0 saturated heterocycles. The number of nitrogens with zero attached hydrogens (tertiary/aromatic N) is 1. The number of benzene rings is 1. The fourth-order valence-electron chi connectivity index (χ4n) is 0.679. The van der Waals surface area contributed by atoms with Gasteiger partial charge in [0.25, 0.3) is 0 Å². The van der Waals surface area contributed by atoms with Crippen LogP contribution in [0.15, 0.2) is 29.2 Å². The predicted molar refractivity (Wildman–Crippen MR) is 56.7 cm³/mol. The lowest BCUT2D eigenvalue weighted by Gasteiger charge is -2.02. The van der Waals surface area contributed by atoms with Crippen LogP contribution in [0, 0.1) is 6.92 Å². The zero-order valence-electron chi connectivity index (χ0n) is 5.92. The highest BCUT2D eigenvalue weighted by Crippen LogP contribution is 2.28. The molecule has 1 rings (SSSR count). The maximum Gasteiger partial charge on any atom is 0.0365 e. The highest BCUT2D eigenvalue weighted by Gasteiger charge is 1.96. The minimum absolute atomic E-state index is 1.20. The monoisotopic (exact) mass is 295 g/mol. The fourth-order valence-corrected chi connectivity index (χ4v) is 2.10. The molecule has 0 amide bonds. The summed E-state index contributed by atoms with van der Waals surface area (Å²) in [7, 11) is 0. The van der Waals surface area contributed by atoms with Crippen LogP contribution in [0.2, 0.25) is 0 Å². The van der Waals surface area contributed by atoms with E-state index < -0.39 is 0 Å². The third kappa shape index (κ3) is 3.60. The Bertz CT molecular complexity index is 222. The molecule has 0 radical (unpaired) electrons. The quantitative estimate of drug-likeness (QED) is 0.601. The first-order valence-corrected chi connectivity index (χ1v) is 5.24. The fraction of sp³-hybridized carbons (Fsp3) is 0.143. The molecule has 0 spiro atoms. The predicted octanol–water partition coefficient (Wildman–Crippen LogP) is 3.92. The molecule has 1 aromatic carbocycles. The lowest BCUT2D eigenvalue weighted by atomic mass is 10.2. The lowest BCUT2D eigenvalue weighted by molar-refractivity contribution is 1.31. The van der Waals surface area contributed by atoms with Crippen LogP contribution in [0.25, 0.3) is 0 Å². The number of aryl methyl sites for hydroxylation is 1. The van der Waals surface area contributed by atoms with E-state index in [1.165, 1.54) is 10.5 Å². The largest absolute Gasteiger partial charge is 0.114 e. The van der Waals surface area contributed by atoms with E-state index >= 15 is 0 Å². The number of hydrogen-bond donors (Lipinski definition) is 0. The molecule has 0 aliphatic carbocycles. The Hall–Kier alpha value is 0.490. The minimum atomic E-state index is 1.20. The first kappa shape index (κ1) is 9.58. The average Bonchev–Trinajstić information content (AvgIpc) is 1.93. The van der Waals surface area contributed by atoms with E-state index in [2.05, 4.69) is 63.5 Å². The Morgan fingerprint density at radius 2 is 1.73 bits per heavy atom. The van der Waals surface area contributed by atoms with Gasteiger partial charge in [-0.1, -0.05) is 17.7 Å². The van der Waals surface area contributed by atoms with E-state index in [0.717, 1.165) is 0 Å². The lowest BCUT2D eigenvalue weighted by Crippen LogP contribution is -1.79. The maximum absolute atomic E-state index is 3.24. The van der Waals surface area contributed by atoms with Gasteiger partial charge in [0.15, 0.2) is 0 Å². The van der Waals surface area contributed by atoms with Crippen molar-refractivity contribution < 1.29 is 0 Å². The van der Waals surface area contributed by atoms with Crippen molar-refractivity contribution in [3.8, 4) is 0 Å². The summed E-state index contributed by atoms with van der Waals surface area (Å²) in [5.41, 5.74) is 1.28. The van der Waals surface area contributed by atoms with Gasteiger partial charge in [-0.25, -0.2) is 0 Å². The van der Waals surface area contributed by atoms with Gasteiger partial charge < -0.3 is 0 Å². The van der Waals surface area contributed by atoms with Gasteiger partial charge in [-0.05, 0) is 31.0 Å². The zero-order valence-corrected chi connectivity index (χ0v) is 9.91. The van der Waals surface area contributed by atoms with Crippen LogP contribution < -0.4 is 0 Å². The summed E-state index contributed by atoms with van der Waals surface area (Å²) in [5, 5.41) is 0. The van der Waals surface area contributed by atoms with E-state index in [1.54, 1.807) is 14.3 Å². The van der Waals surface area contributed by atoms with Crippen molar-refractivity contribution in [2.45, 2.75) is 11.8 Å². The van der Waals surface area contributed by atoms with E-state index in [-0.39, 0.29) is 0 Å². The molecule has 4 heteroatoms. The second kappa shape index (κ2) is 4.50. The molecule has 0 aliphatic rings. The molecule has 1 nitrogen and oxygen atoms in total. The van der Waals surface area contributed by atoms with Crippen molar-refractivity contribution in [3.63, 3.8) is 0 Å². The summed E-state index contributed by atoms with van der Waals surface area (Å²) in [4.78, 5) is 1.20. The van der Waals surface area contributed by atoms with Crippen LogP contribution in [-0.4, -0.2) is 2.36 Å². The highest BCUT2D eigenvalue weighted by molar-refractivity contribution is 9.23. The summed E-state index contributed by atoms with van der Waals surface area (Å²) in [6.45, 7) is 2.08. The third-order valence-electron chi connectivity index (χ3n) is 1.20. The molecule has 11 heavy (non-hydrogen) atoms. The molecular weight excluding hydrogens is 290 g/mol. The summed E-state index contributed by atoms with van der Waals surface area (Å²) in [5.74, 6) is 0. The Labute approximate surface area is 88.0 Å². The average molecular weight is 297 g/mol. The van der Waals surface area contributed by atoms with Crippen LogP contribution in [0.5, 0.6) is 0 Å². The molecule has 0 fully saturated rings. The Kier molecular flexibility index (Phi) is 3.92. The van der Waals surface area contributed by atoms with Crippen molar-refractivity contribution in [2.24, 2.45) is 0 Å². The molecule has 0 aliphatic heterocycles. The molecule has 0 N–H and O–H groups in total. The van der Waals surface area contributed by atoms with Gasteiger partial charge in [-0.3, -0.25) is 0 Å². The highest BCUT2D eigenvalue weighted by atomic mass is 79.9. The van der Waals surface area contributed by atoms with Crippen LogP contribution >= 0.6 is 44.2 Å². The normalized spacial score (nSPS) is 10.5. The molecule has 0 atom stereocenters. The SMILES string of the molecule is Cc1ccc(SN(Br)Br)cc1. The molecule has 1 aromatic rings. The van der Waals surface area contributed by atoms with E-state index in [1.807, 2.05) is 0 Å². The Morgan fingerprint density at radius 3 is 2.18 bits per heavy atom. The molecule has 60 valence electrons. The van der Waals surface area contributed by atoms with Gasteiger partial charge in [0, 0.05) is 37.2 Å². The van der Waals surface area contributed by atoms with Gasteiger partial charge >= 0.3 is 0 Å². The maximum atomic E-state index is 3.24. The minimum Gasteiger partial charge on any atom is -0.114 e. The van der Waals surface area contributed by atoms with Crippen molar-refractivity contribution >= 4 is 44.2 Å². The van der Waals surface area contributed by atoms with Crippen molar-refractivity contribution in [2.75, 3.05) is 0 Å². The van der Waals surface area contributed by atoms with Gasteiger partial charge in [-0.15, -0.1) is 2.36 Å². The molecule has 0 bridgehead atoms. The summed E-state index contributed by atoms with van der Waals surface area (Å²) in [6, 6.07) is 8.34. The molecular formula is C7H7Br2NS. The van der Waals surface area contributed by atoms with Crippen LogP contribution in [0.4, 0.5) is 0 Å². The zero-order chi connectivity index (χ0) is 8.27. The van der Waals surface area contributed by atoms with Gasteiger partial charge in [0.1, 0.15) is 0 Å². The summed E-state index contributed by atoms with van der Waals surface area (Å²) < 4.78 is 1.71.